The van der Waals surface area contributed by atoms with Gasteiger partial charge in [0.25, 0.3) is 0 Å². The van der Waals surface area contributed by atoms with Gasteiger partial charge in [-0.3, -0.25) is 9.59 Å². The zero-order valence-electron chi connectivity index (χ0n) is 13.1. The highest BCUT2D eigenvalue weighted by Crippen LogP contribution is 2.12. The SMILES string of the molecule is CCC1CN(C(=O)CCc2ccc(C(N)=O)cc2)CCCO1. The lowest BCUT2D eigenvalue weighted by Gasteiger charge is -2.23. The summed E-state index contributed by atoms with van der Waals surface area (Å²) in [6, 6.07) is 7.12. The van der Waals surface area contributed by atoms with Crippen LogP contribution in [-0.4, -0.2) is 42.5 Å². The van der Waals surface area contributed by atoms with Crippen molar-refractivity contribution >= 4 is 11.8 Å². The molecule has 2 N–H and O–H groups in total. The number of carbonyl (C=O) groups is 2. The van der Waals surface area contributed by atoms with E-state index in [1.807, 2.05) is 17.0 Å². The van der Waals surface area contributed by atoms with Gasteiger partial charge in [0.05, 0.1) is 6.10 Å². The fourth-order valence-corrected chi connectivity index (χ4v) is 2.61. The molecule has 1 aliphatic heterocycles. The van der Waals surface area contributed by atoms with Gasteiger partial charge in [0, 0.05) is 31.7 Å². The molecule has 1 fully saturated rings. The van der Waals surface area contributed by atoms with Crippen LogP contribution in [0.4, 0.5) is 0 Å². The van der Waals surface area contributed by atoms with Crippen LogP contribution in [0, 0.1) is 0 Å². The van der Waals surface area contributed by atoms with E-state index in [0.717, 1.165) is 31.6 Å². The summed E-state index contributed by atoms with van der Waals surface area (Å²) in [5, 5.41) is 0. The van der Waals surface area contributed by atoms with Gasteiger partial charge in [0.1, 0.15) is 0 Å². The van der Waals surface area contributed by atoms with E-state index < -0.39 is 5.91 Å². The van der Waals surface area contributed by atoms with Gasteiger partial charge in [-0.25, -0.2) is 0 Å². The molecule has 120 valence electrons. The van der Waals surface area contributed by atoms with Crippen molar-refractivity contribution in [3.63, 3.8) is 0 Å². The standard InChI is InChI=1S/C17H24N2O3/c1-2-15-12-19(10-3-11-22-15)16(20)9-6-13-4-7-14(8-5-13)17(18)21/h4-5,7-8,15H,2-3,6,9-12H2,1H3,(H2,18,21). The van der Waals surface area contributed by atoms with E-state index in [1.54, 1.807) is 12.1 Å². The molecule has 1 aromatic carbocycles. The Morgan fingerprint density at radius 1 is 1.32 bits per heavy atom. The highest BCUT2D eigenvalue weighted by atomic mass is 16.5. The van der Waals surface area contributed by atoms with Gasteiger partial charge in [0.2, 0.25) is 11.8 Å². The van der Waals surface area contributed by atoms with E-state index >= 15 is 0 Å². The summed E-state index contributed by atoms with van der Waals surface area (Å²) in [5.41, 5.74) is 6.74. The monoisotopic (exact) mass is 304 g/mol. The summed E-state index contributed by atoms with van der Waals surface area (Å²) in [4.78, 5) is 25.3. The molecule has 5 heteroatoms. The Hall–Kier alpha value is -1.88. The third-order valence-corrected chi connectivity index (χ3v) is 4.02. The predicted molar refractivity (Wildman–Crippen MR) is 84.5 cm³/mol. The molecule has 1 saturated heterocycles. The topological polar surface area (TPSA) is 72.6 Å². The third kappa shape index (κ3) is 4.56. The van der Waals surface area contributed by atoms with Gasteiger partial charge in [-0.15, -0.1) is 0 Å². The average molecular weight is 304 g/mol. The number of aryl methyl sites for hydroxylation is 1. The van der Waals surface area contributed by atoms with Crippen LogP contribution in [0.5, 0.6) is 0 Å². The molecule has 2 rings (SSSR count). The molecular weight excluding hydrogens is 280 g/mol. The first-order chi connectivity index (χ1) is 10.6. The number of nitrogens with two attached hydrogens (primary N) is 1. The molecule has 1 aliphatic rings. The van der Waals surface area contributed by atoms with Gasteiger partial charge in [-0.1, -0.05) is 19.1 Å². The van der Waals surface area contributed by atoms with Crippen molar-refractivity contribution in [2.24, 2.45) is 5.73 Å². The van der Waals surface area contributed by atoms with Crippen LogP contribution in [-0.2, 0) is 16.0 Å². The maximum atomic E-state index is 12.4. The fraction of sp³-hybridized carbons (Fsp3) is 0.529. The maximum Gasteiger partial charge on any atom is 0.248 e. The van der Waals surface area contributed by atoms with E-state index in [-0.39, 0.29) is 12.0 Å². The van der Waals surface area contributed by atoms with Crippen molar-refractivity contribution < 1.29 is 14.3 Å². The first-order valence-electron chi connectivity index (χ1n) is 7.88. The van der Waals surface area contributed by atoms with Crippen molar-refractivity contribution in [3.8, 4) is 0 Å². The fourth-order valence-electron chi connectivity index (χ4n) is 2.61. The number of benzene rings is 1. The first-order valence-corrected chi connectivity index (χ1v) is 7.88. The van der Waals surface area contributed by atoms with Gasteiger partial charge < -0.3 is 15.4 Å². The summed E-state index contributed by atoms with van der Waals surface area (Å²) >= 11 is 0. The van der Waals surface area contributed by atoms with Crippen LogP contribution in [0.1, 0.15) is 42.1 Å². The molecule has 0 radical (unpaired) electrons. The van der Waals surface area contributed by atoms with E-state index in [2.05, 4.69) is 6.92 Å². The maximum absolute atomic E-state index is 12.4. The van der Waals surface area contributed by atoms with Crippen molar-refractivity contribution in [2.75, 3.05) is 19.7 Å². The normalized spacial score (nSPS) is 18.8. The number of nitrogens with zero attached hydrogens (tertiary/aromatic N) is 1. The van der Waals surface area contributed by atoms with E-state index in [1.165, 1.54) is 0 Å². The molecule has 2 amide bonds. The second-order valence-corrected chi connectivity index (χ2v) is 5.66. The van der Waals surface area contributed by atoms with Crippen molar-refractivity contribution in [1.82, 2.24) is 4.90 Å². The van der Waals surface area contributed by atoms with E-state index in [9.17, 15) is 9.59 Å². The zero-order valence-corrected chi connectivity index (χ0v) is 13.1. The number of primary amides is 1. The Bertz CT molecular complexity index is 513. The molecule has 1 unspecified atom stereocenters. The van der Waals surface area contributed by atoms with E-state index in [0.29, 0.717) is 24.9 Å². The molecule has 22 heavy (non-hydrogen) atoms. The minimum atomic E-state index is -0.433. The number of hydrogen-bond acceptors (Lipinski definition) is 3. The number of carbonyl (C=O) groups excluding carboxylic acids is 2. The second kappa shape index (κ2) is 7.94. The van der Waals surface area contributed by atoms with Crippen LogP contribution in [0.25, 0.3) is 0 Å². The summed E-state index contributed by atoms with van der Waals surface area (Å²) in [5.74, 6) is -0.263. The van der Waals surface area contributed by atoms with Crippen molar-refractivity contribution in [1.29, 1.82) is 0 Å². The lowest BCUT2D eigenvalue weighted by Crippen LogP contribution is -2.36. The molecule has 5 nitrogen and oxygen atoms in total. The smallest absolute Gasteiger partial charge is 0.248 e. The highest BCUT2D eigenvalue weighted by Gasteiger charge is 2.21. The van der Waals surface area contributed by atoms with Crippen LogP contribution in [0.2, 0.25) is 0 Å². The van der Waals surface area contributed by atoms with Crippen LogP contribution in [0.15, 0.2) is 24.3 Å². The summed E-state index contributed by atoms with van der Waals surface area (Å²) in [6.45, 7) is 4.28. The Labute approximate surface area is 131 Å². The molecule has 0 saturated carbocycles. The summed E-state index contributed by atoms with van der Waals surface area (Å²) in [7, 11) is 0. The Morgan fingerprint density at radius 3 is 2.68 bits per heavy atom. The zero-order chi connectivity index (χ0) is 15.9. The molecule has 0 aliphatic carbocycles. The van der Waals surface area contributed by atoms with E-state index in [4.69, 9.17) is 10.5 Å². The molecule has 0 spiro atoms. The minimum absolute atomic E-state index is 0.154. The lowest BCUT2D eigenvalue weighted by atomic mass is 10.1. The number of hydrogen-bond donors (Lipinski definition) is 1. The van der Waals surface area contributed by atoms with Gasteiger partial charge in [-0.2, -0.15) is 0 Å². The van der Waals surface area contributed by atoms with Crippen LogP contribution in [0.3, 0.4) is 0 Å². The molecule has 1 heterocycles. The van der Waals surface area contributed by atoms with Crippen molar-refractivity contribution in [2.45, 2.75) is 38.7 Å². The van der Waals surface area contributed by atoms with Gasteiger partial charge in [0.15, 0.2) is 0 Å². The number of ether oxygens (including phenoxy) is 1. The summed E-state index contributed by atoms with van der Waals surface area (Å²) in [6.07, 6.45) is 3.13. The third-order valence-electron chi connectivity index (χ3n) is 4.02. The lowest BCUT2D eigenvalue weighted by molar-refractivity contribution is -0.132. The molecule has 0 bridgehead atoms. The quantitative estimate of drug-likeness (QED) is 0.900. The van der Waals surface area contributed by atoms with Crippen LogP contribution >= 0.6 is 0 Å². The molecular formula is C17H24N2O3. The average Bonchev–Trinajstić information content (AvgIpc) is 2.78. The molecule has 0 aromatic heterocycles. The Morgan fingerprint density at radius 2 is 2.05 bits per heavy atom. The first kappa shape index (κ1) is 16.5. The number of rotatable bonds is 5. The highest BCUT2D eigenvalue weighted by molar-refractivity contribution is 5.92. The van der Waals surface area contributed by atoms with Gasteiger partial charge >= 0.3 is 0 Å². The Kier molecular flexibility index (Phi) is 5.95. The van der Waals surface area contributed by atoms with Gasteiger partial charge in [-0.05, 0) is 37.0 Å². The summed E-state index contributed by atoms with van der Waals surface area (Å²) < 4.78 is 5.69. The minimum Gasteiger partial charge on any atom is -0.376 e. The van der Waals surface area contributed by atoms with Crippen LogP contribution < -0.4 is 5.73 Å². The predicted octanol–water partition coefficient (Wildman–Crippen LogP) is 1.75. The second-order valence-electron chi connectivity index (χ2n) is 5.66. The number of amides is 2. The van der Waals surface area contributed by atoms with Crippen molar-refractivity contribution in [3.05, 3.63) is 35.4 Å². The Balaban J connectivity index is 1.87. The largest absolute Gasteiger partial charge is 0.376 e. The molecule has 1 atom stereocenters. The molecule has 1 aromatic rings.